The Balaban J connectivity index is 1.58. The van der Waals surface area contributed by atoms with Crippen LogP contribution in [0.15, 0.2) is 54.0 Å². The Kier molecular flexibility index (Phi) is 4.78. The number of carbonyl (C=O) groups excluding carboxylic acids is 1. The van der Waals surface area contributed by atoms with Crippen molar-refractivity contribution in [3.63, 3.8) is 0 Å². The van der Waals surface area contributed by atoms with Crippen LogP contribution in [0.3, 0.4) is 0 Å². The van der Waals surface area contributed by atoms with Crippen molar-refractivity contribution in [1.29, 1.82) is 0 Å². The summed E-state index contributed by atoms with van der Waals surface area (Å²) >= 11 is 1.46. The molecule has 0 aliphatic rings. The average Bonchev–Trinajstić information content (AvgIpc) is 3.14. The number of nitrogens with one attached hydrogen (secondary N) is 2. The minimum Gasteiger partial charge on any atom is -0.383 e. The van der Waals surface area contributed by atoms with Crippen molar-refractivity contribution >= 4 is 28.3 Å². The fourth-order valence-corrected chi connectivity index (χ4v) is 3.26. The molecule has 0 aliphatic heterocycles. The molecule has 3 rings (SSSR count). The number of aliphatic hydroxyl groups is 1. The van der Waals surface area contributed by atoms with Gasteiger partial charge in [0.1, 0.15) is 5.60 Å². The third kappa shape index (κ3) is 3.72. The number of hydrogen-bond acceptors (Lipinski definition) is 4. The van der Waals surface area contributed by atoms with Gasteiger partial charge in [-0.1, -0.05) is 24.3 Å². The molecular weight excluding hydrogens is 322 g/mol. The van der Waals surface area contributed by atoms with Gasteiger partial charge in [-0.25, -0.2) is 4.79 Å². The molecule has 3 aromatic rings. The molecular formula is C18H19N3O2S. The topological polar surface area (TPSA) is 74.2 Å². The van der Waals surface area contributed by atoms with E-state index in [1.165, 1.54) is 11.3 Å². The number of nitrogens with zero attached hydrogens (tertiary/aromatic N) is 1. The number of benzene rings is 1. The van der Waals surface area contributed by atoms with Crippen LogP contribution in [-0.2, 0) is 12.1 Å². The second-order valence-corrected chi connectivity index (χ2v) is 6.72. The second kappa shape index (κ2) is 6.98. The summed E-state index contributed by atoms with van der Waals surface area (Å²) in [6.07, 6.45) is 1.73. The maximum Gasteiger partial charge on any atom is 0.315 e. The van der Waals surface area contributed by atoms with E-state index in [9.17, 15) is 9.90 Å². The summed E-state index contributed by atoms with van der Waals surface area (Å²) in [5.41, 5.74) is 0.827. The van der Waals surface area contributed by atoms with E-state index in [-0.39, 0.29) is 12.6 Å². The molecule has 0 saturated heterocycles. The zero-order chi connectivity index (χ0) is 17.0. The van der Waals surface area contributed by atoms with E-state index in [2.05, 4.69) is 15.6 Å². The summed E-state index contributed by atoms with van der Waals surface area (Å²) < 4.78 is 0. The Hall–Kier alpha value is -2.44. The van der Waals surface area contributed by atoms with Crippen LogP contribution >= 0.6 is 11.3 Å². The van der Waals surface area contributed by atoms with Gasteiger partial charge in [-0.3, -0.25) is 4.98 Å². The van der Waals surface area contributed by atoms with Crippen molar-refractivity contribution in [3.05, 3.63) is 64.5 Å². The molecule has 1 unspecified atom stereocenters. The van der Waals surface area contributed by atoms with E-state index in [1.54, 1.807) is 13.1 Å². The van der Waals surface area contributed by atoms with Crippen LogP contribution in [0.25, 0.3) is 10.9 Å². The van der Waals surface area contributed by atoms with Crippen LogP contribution in [0, 0.1) is 0 Å². The summed E-state index contributed by atoms with van der Waals surface area (Å²) in [4.78, 5) is 17.2. The highest BCUT2D eigenvalue weighted by molar-refractivity contribution is 7.10. The van der Waals surface area contributed by atoms with Gasteiger partial charge in [0.25, 0.3) is 0 Å². The number of urea groups is 1. The molecule has 3 N–H and O–H groups in total. The quantitative estimate of drug-likeness (QED) is 0.668. The van der Waals surface area contributed by atoms with E-state index in [1.807, 2.05) is 47.8 Å². The zero-order valence-electron chi connectivity index (χ0n) is 13.3. The summed E-state index contributed by atoms with van der Waals surface area (Å²) in [6, 6.07) is 13.1. The SMILES string of the molecule is CC(O)(CNC(=O)NCc1ccnc2ccccc12)c1cccs1. The first-order chi connectivity index (χ1) is 11.6. The molecule has 2 heterocycles. The molecule has 2 amide bonds. The minimum absolute atomic E-state index is 0.149. The number of para-hydroxylation sites is 1. The van der Waals surface area contributed by atoms with Gasteiger partial charge in [0.2, 0.25) is 0 Å². The third-order valence-corrected chi connectivity index (χ3v) is 4.95. The lowest BCUT2D eigenvalue weighted by atomic mass is 10.1. The number of amides is 2. The first kappa shape index (κ1) is 16.4. The molecule has 0 spiro atoms. The van der Waals surface area contributed by atoms with E-state index in [0.29, 0.717) is 6.54 Å². The molecule has 0 radical (unpaired) electrons. The highest BCUT2D eigenvalue weighted by atomic mass is 32.1. The predicted molar refractivity (Wildman–Crippen MR) is 95.9 cm³/mol. The highest BCUT2D eigenvalue weighted by Crippen LogP contribution is 2.24. The van der Waals surface area contributed by atoms with Crippen LogP contribution < -0.4 is 10.6 Å². The Bertz CT molecular complexity index is 826. The smallest absolute Gasteiger partial charge is 0.315 e. The molecule has 0 saturated carbocycles. The number of hydrogen-bond donors (Lipinski definition) is 3. The molecule has 24 heavy (non-hydrogen) atoms. The number of fused-ring (bicyclic) bond motifs is 1. The van der Waals surface area contributed by atoms with Crippen LogP contribution in [0.5, 0.6) is 0 Å². The summed E-state index contributed by atoms with van der Waals surface area (Å²) in [5, 5.41) is 18.9. The van der Waals surface area contributed by atoms with Crippen molar-refractivity contribution in [3.8, 4) is 0 Å². The van der Waals surface area contributed by atoms with Crippen LogP contribution in [0.4, 0.5) is 4.79 Å². The molecule has 0 fully saturated rings. The Labute approximate surface area is 144 Å². The predicted octanol–water partition coefficient (Wildman–Crippen LogP) is 3.00. The lowest BCUT2D eigenvalue weighted by Crippen LogP contribution is -2.42. The Morgan fingerprint density at radius 2 is 2.04 bits per heavy atom. The number of rotatable bonds is 5. The van der Waals surface area contributed by atoms with Crippen molar-refractivity contribution < 1.29 is 9.90 Å². The molecule has 1 atom stereocenters. The normalized spacial score (nSPS) is 13.4. The number of pyridine rings is 1. The van der Waals surface area contributed by atoms with E-state index >= 15 is 0 Å². The van der Waals surface area contributed by atoms with Crippen LogP contribution in [0.1, 0.15) is 17.4 Å². The molecule has 0 aliphatic carbocycles. The summed E-state index contributed by atoms with van der Waals surface area (Å²) in [7, 11) is 0. The van der Waals surface area contributed by atoms with Gasteiger partial charge in [-0.15, -0.1) is 11.3 Å². The standard InChI is InChI=1S/C18H19N3O2S/c1-18(23,16-7-4-10-24-16)12-21-17(22)20-11-13-8-9-19-15-6-3-2-5-14(13)15/h2-10,23H,11-12H2,1H3,(H2,20,21,22). The van der Waals surface area contributed by atoms with Gasteiger partial charge in [0.05, 0.1) is 12.1 Å². The van der Waals surface area contributed by atoms with Gasteiger partial charge < -0.3 is 15.7 Å². The number of carbonyl (C=O) groups is 1. The molecule has 1 aromatic carbocycles. The van der Waals surface area contributed by atoms with Crippen molar-refractivity contribution in [2.24, 2.45) is 0 Å². The van der Waals surface area contributed by atoms with Gasteiger partial charge in [0.15, 0.2) is 0 Å². The van der Waals surface area contributed by atoms with Crippen molar-refractivity contribution in [2.75, 3.05) is 6.54 Å². The highest BCUT2D eigenvalue weighted by Gasteiger charge is 2.24. The summed E-state index contributed by atoms with van der Waals surface area (Å²) in [5.74, 6) is 0. The number of thiophene rings is 1. The lowest BCUT2D eigenvalue weighted by molar-refractivity contribution is 0.0631. The first-order valence-electron chi connectivity index (χ1n) is 7.67. The minimum atomic E-state index is -1.07. The monoisotopic (exact) mass is 341 g/mol. The van der Waals surface area contributed by atoms with Gasteiger partial charge >= 0.3 is 6.03 Å². The largest absolute Gasteiger partial charge is 0.383 e. The van der Waals surface area contributed by atoms with E-state index < -0.39 is 5.60 Å². The van der Waals surface area contributed by atoms with Crippen molar-refractivity contribution in [1.82, 2.24) is 15.6 Å². The maximum atomic E-state index is 12.0. The number of aromatic nitrogens is 1. The Morgan fingerprint density at radius 3 is 2.83 bits per heavy atom. The van der Waals surface area contributed by atoms with Gasteiger partial charge in [0, 0.05) is 23.0 Å². The molecule has 5 nitrogen and oxygen atoms in total. The molecule has 0 bridgehead atoms. The maximum absolute atomic E-state index is 12.0. The van der Waals surface area contributed by atoms with E-state index in [0.717, 1.165) is 21.3 Å². The van der Waals surface area contributed by atoms with Crippen LogP contribution in [-0.4, -0.2) is 22.7 Å². The van der Waals surface area contributed by atoms with Gasteiger partial charge in [-0.05, 0) is 36.1 Å². The van der Waals surface area contributed by atoms with Gasteiger partial charge in [-0.2, -0.15) is 0 Å². The summed E-state index contributed by atoms with van der Waals surface area (Å²) in [6.45, 7) is 2.24. The molecule has 6 heteroatoms. The van der Waals surface area contributed by atoms with E-state index in [4.69, 9.17) is 0 Å². The second-order valence-electron chi connectivity index (χ2n) is 5.77. The lowest BCUT2D eigenvalue weighted by Gasteiger charge is -2.22. The van der Waals surface area contributed by atoms with Crippen LogP contribution in [0.2, 0.25) is 0 Å². The van der Waals surface area contributed by atoms with Crippen molar-refractivity contribution in [2.45, 2.75) is 19.1 Å². The fraction of sp³-hybridized carbons (Fsp3) is 0.222. The Morgan fingerprint density at radius 1 is 1.21 bits per heavy atom. The average molecular weight is 341 g/mol. The molecule has 2 aromatic heterocycles. The fourth-order valence-electron chi connectivity index (χ4n) is 2.47. The molecule has 124 valence electrons. The first-order valence-corrected chi connectivity index (χ1v) is 8.55. The third-order valence-electron chi connectivity index (χ3n) is 3.82. The zero-order valence-corrected chi connectivity index (χ0v) is 14.1.